The van der Waals surface area contributed by atoms with Crippen molar-refractivity contribution in [1.82, 2.24) is 0 Å². The summed E-state index contributed by atoms with van der Waals surface area (Å²) in [5.41, 5.74) is 5.70. The Morgan fingerprint density at radius 3 is 2.81 bits per heavy atom. The number of furan rings is 1. The minimum atomic E-state index is -1.05. The molecular weight excluding hydrogens is 210 g/mol. The second-order valence-corrected chi connectivity index (χ2v) is 4.25. The fourth-order valence-electron chi connectivity index (χ4n) is 1.62. The van der Waals surface area contributed by atoms with Gasteiger partial charge in [-0.3, -0.25) is 4.79 Å². The summed E-state index contributed by atoms with van der Waals surface area (Å²) in [6.45, 7) is 3.86. The van der Waals surface area contributed by atoms with Crippen molar-refractivity contribution < 1.29 is 19.1 Å². The van der Waals surface area contributed by atoms with Crippen LogP contribution >= 0.6 is 0 Å². The molecule has 16 heavy (non-hydrogen) atoms. The van der Waals surface area contributed by atoms with E-state index in [1.54, 1.807) is 27.0 Å². The van der Waals surface area contributed by atoms with Gasteiger partial charge in [-0.05, 0) is 6.07 Å². The number of rotatable bonds is 5. The van der Waals surface area contributed by atoms with E-state index in [1.807, 2.05) is 0 Å². The predicted molar refractivity (Wildman–Crippen MR) is 58.1 cm³/mol. The second kappa shape index (κ2) is 4.67. The molecule has 0 aliphatic carbocycles. The summed E-state index contributed by atoms with van der Waals surface area (Å²) in [5.74, 6) is -0.492. The summed E-state index contributed by atoms with van der Waals surface area (Å²) < 4.78 is 10.3. The fraction of sp³-hybridized carbons (Fsp3) is 0.545. The summed E-state index contributed by atoms with van der Waals surface area (Å²) in [6, 6.07) is 0.740. The van der Waals surface area contributed by atoms with Crippen LogP contribution in [0.15, 0.2) is 16.7 Å². The predicted octanol–water partition coefficient (Wildman–Crippen LogP) is 1.12. The average molecular weight is 227 g/mol. The number of carboxylic acids is 1. The van der Waals surface area contributed by atoms with Crippen LogP contribution in [0.5, 0.6) is 0 Å². The molecule has 3 N–H and O–H groups in total. The number of carboxylic acid groups (broad SMARTS) is 1. The zero-order valence-corrected chi connectivity index (χ0v) is 9.69. The van der Waals surface area contributed by atoms with Crippen LogP contribution in [-0.4, -0.2) is 24.2 Å². The van der Waals surface area contributed by atoms with Crippen molar-refractivity contribution in [2.45, 2.75) is 31.9 Å². The Morgan fingerprint density at radius 2 is 2.31 bits per heavy atom. The van der Waals surface area contributed by atoms with Crippen molar-refractivity contribution in [3.8, 4) is 0 Å². The van der Waals surface area contributed by atoms with Crippen LogP contribution in [0.2, 0.25) is 0 Å². The van der Waals surface area contributed by atoms with Crippen LogP contribution in [0.1, 0.15) is 25.2 Å². The van der Waals surface area contributed by atoms with Crippen LogP contribution in [-0.2, 0) is 21.6 Å². The van der Waals surface area contributed by atoms with Gasteiger partial charge in [-0.25, -0.2) is 0 Å². The molecule has 0 spiro atoms. The maximum absolute atomic E-state index is 10.9. The maximum atomic E-state index is 10.9. The third-order valence-electron chi connectivity index (χ3n) is 2.68. The minimum absolute atomic E-state index is 0.377. The SMILES string of the molecule is COCc1ccoc1C(C)(C)C(N)C(=O)O. The molecule has 1 rings (SSSR count). The van der Waals surface area contributed by atoms with Crippen molar-refractivity contribution >= 4 is 5.97 Å². The van der Waals surface area contributed by atoms with Crippen molar-refractivity contribution in [2.24, 2.45) is 5.73 Å². The fourth-order valence-corrected chi connectivity index (χ4v) is 1.62. The van der Waals surface area contributed by atoms with Gasteiger partial charge in [0.2, 0.25) is 0 Å². The molecular formula is C11H17NO4. The Morgan fingerprint density at radius 1 is 1.69 bits per heavy atom. The van der Waals surface area contributed by atoms with Gasteiger partial charge in [-0.1, -0.05) is 13.8 Å². The molecule has 0 saturated carbocycles. The molecule has 1 heterocycles. The first kappa shape index (κ1) is 12.7. The number of aliphatic carboxylic acids is 1. The largest absolute Gasteiger partial charge is 0.480 e. The molecule has 0 aliphatic heterocycles. The zero-order chi connectivity index (χ0) is 12.3. The van der Waals surface area contributed by atoms with Gasteiger partial charge in [-0.2, -0.15) is 0 Å². The number of ether oxygens (including phenoxy) is 1. The number of methoxy groups -OCH3 is 1. The number of hydrogen-bond donors (Lipinski definition) is 2. The van der Waals surface area contributed by atoms with Gasteiger partial charge < -0.3 is 20.0 Å². The molecule has 1 unspecified atom stereocenters. The molecule has 0 aromatic carbocycles. The molecule has 90 valence electrons. The van der Waals surface area contributed by atoms with E-state index in [1.165, 1.54) is 6.26 Å². The van der Waals surface area contributed by atoms with Gasteiger partial charge in [0, 0.05) is 18.1 Å². The molecule has 5 nitrogen and oxygen atoms in total. The smallest absolute Gasteiger partial charge is 0.321 e. The standard InChI is InChI=1S/C11H17NO4/c1-11(2,8(12)10(13)14)9-7(6-15-3)4-5-16-9/h4-5,8H,6,12H2,1-3H3,(H,13,14). The highest BCUT2D eigenvalue weighted by Gasteiger charge is 2.37. The number of nitrogens with two attached hydrogens (primary N) is 1. The molecule has 0 fully saturated rings. The van der Waals surface area contributed by atoms with Gasteiger partial charge in [0.15, 0.2) is 0 Å². The van der Waals surface area contributed by atoms with E-state index in [0.29, 0.717) is 12.4 Å². The quantitative estimate of drug-likeness (QED) is 0.787. The highest BCUT2D eigenvalue weighted by Crippen LogP contribution is 2.30. The van der Waals surface area contributed by atoms with Gasteiger partial charge in [0.25, 0.3) is 0 Å². The van der Waals surface area contributed by atoms with Gasteiger partial charge in [-0.15, -0.1) is 0 Å². The van der Waals surface area contributed by atoms with Crippen LogP contribution < -0.4 is 5.73 Å². The van der Waals surface area contributed by atoms with E-state index in [9.17, 15) is 4.79 Å². The van der Waals surface area contributed by atoms with Crippen LogP contribution in [0.3, 0.4) is 0 Å². The Balaban J connectivity index is 3.05. The first-order valence-corrected chi connectivity index (χ1v) is 4.95. The van der Waals surface area contributed by atoms with Gasteiger partial charge >= 0.3 is 5.97 Å². The summed E-state index contributed by atoms with van der Waals surface area (Å²) >= 11 is 0. The van der Waals surface area contributed by atoms with Crippen molar-refractivity contribution in [3.63, 3.8) is 0 Å². The van der Waals surface area contributed by atoms with Crippen LogP contribution in [0.4, 0.5) is 0 Å². The molecule has 0 amide bonds. The third kappa shape index (κ3) is 2.25. The van der Waals surface area contributed by atoms with Crippen molar-refractivity contribution in [2.75, 3.05) is 7.11 Å². The Kier molecular flexibility index (Phi) is 3.72. The maximum Gasteiger partial charge on any atom is 0.321 e. The van der Waals surface area contributed by atoms with E-state index in [4.69, 9.17) is 20.0 Å². The Labute approximate surface area is 94.2 Å². The molecule has 5 heteroatoms. The van der Waals surface area contributed by atoms with Gasteiger partial charge in [0.1, 0.15) is 11.8 Å². The molecule has 1 aromatic rings. The van der Waals surface area contributed by atoms with Crippen LogP contribution in [0.25, 0.3) is 0 Å². The number of hydrogen-bond acceptors (Lipinski definition) is 4. The summed E-state index contributed by atoms with van der Waals surface area (Å²) in [4.78, 5) is 10.9. The number of carbonyl (C=O) groups is 1. The normalized spacial score (nSPS) is 13.8. The first-order chi connectivity index (χ1) is 7.41. The van der Waals surface area contributed by atoms with Crippen molar-refractivity contribution in [3.05, 3.63) is 23.7 Å². The molecule has 1 atom stereocenters. The van der Waals surface area contributed by atoms with Gasteiger partial charge in [0.05, 0.1) is 12.9 Å². The topological polar surface area (TPSA) is 85.7 Å². The van der Waals surface area contributed by atoms with E-state index in [-0.39, 0.29) is 0 Å². The molecule has 0 bridgehead atoms. The third-order valence-corrected chi connectivity index (χ3v) is 2.68. The molecule has 0 radical (unpaired) electrons. The van der Waals surface area contributed by atoms with E-state index < -0.39 is 17.4 Å². The Hall–Kier alpha value is -1.33. The lowest BCUT2D eigenvalue weighted by Gasteiger charge is -2.27. The molecule has 1 aromatic heterocycles. The summed E-state index contributed by atoms with van der Waals surface area (Å²) in [6.07, 6.45) is 1.51. The van der Waals surface area contributed by atoms with E-state index in [2.05, 4.69) is 0 Å². The summed E-state index contributed by atoms with van der Waals surface area (Å²) in [7, 11) is 1.57. The lowest BCUT2D eigenvalue weighted by atomic mass is 9.81. The highest BCUT2D eigenvalue weighted by molar-refractivity contribution is 5.75. The molecule has 0 aliphatic rings. The Bertz CT molecular complexity index is 370. The van der Waals surface area contributed by atoms with Crippen molar-refractivity contribution in [1.29, 1.82) is 0 Å². The average Bonchev–Trinajstić information content (AvgIpc) is 2.65. The van der Waals surface area contributed by atoms with E-state index in [0.717, 1.165) is 5.56 Å². The van der Waals surface area contributed by atoms with E-state index >= 15 is 0 Å². The highest BCUT2D eigenvalue weighted by atomic mass is 16.5. The monoisotopic (exact) mass is 227 g/mol. The zero-order valence-electron chi connectivity index (χ0n) is 9.69. The summed E-state index contributed by atoms with van der Waals surface area (Å²) in [5, 5.41) is 8.94. The van der Waals surface area contributed by atoms with Crippen LogP contribution in [0, 0.1) is 0 Å². The first-order valence-electron chi connectivity index (χ1n) is 4.95. The lowest BCUT2D eigenvalue weighted by molar-refractivity contribution is -0.140. The molecule has 0 saturated heterocycles. The lowest BCUT2D eigenvalue weighted by Crippen LogP contribution is -2.47. The minimum Gasteiger partial charge on any atom is -0.480 e. The second-order valence-electron chi connectivity index (χ2n) is 4.25.